The number of rotatable bonds is 1. The van der Waals surface area contributed by atoms with Gasteiger partial charge >= 0.3 is 0 Å². The monoisotopic (exact) mass is 206 g/mol. The third-order valence-corrected chi connectivity index (χ3v) is 2.47. The van der Waals surface area contributed by atoms with Crippen molar-refractivity contribution in [2.45, 2.75) is 0 Å². The summed E-state index contributed by atoms with van der Waals surface area (Å²) in [6.45, 7) is 0. The van der Waals surface area contributed by atoms with Gasteiger partial charge in [0.25, 0.3) is 0 Å². The van der Waals surface area contributed by atoms with Crippen molar-refractivity contribution in [1.29, 1.82) is 0 Å². The number of aryl methyl sites for hydroxylation is 1. The van der Waals surface area contributed by atoms with Crippen LogP contribution in [0.2, 0.25) is 5.02 Å². The highest BCUT2D eigenvalue weighted by atomic mass is 35.5. The van der Waals surface area contributed by atoms with Crippen LogP contribution in [0.3, 0.4) is 0 Å². The van der Waals surface area contributed by atoms with Crippen LogP contribution in [0.5, 0.6) is 0 Å². The summed E-state index contributed by atoms with van der Waals surface area (Å²) in [5.74, 6) is 0. The molecule has 14 heavy (non-hydrogen) atoms. The second-order valence-corrected chi connectivity index (χ2v) is 3.67. The standard InChI is InChI=1S/C11H11ClN2/c1-14-6-2-3-11(14)9-7-8(12)4-5-10(9)13/h2-7H,13H2,1H3. The molecule has 2 N–H and O–H groups in total. The Balaban J connectivity index is 2.62. The van der Waals surface area contributed by atoms with Crippen molar-refractivity contribution < 1.29 is 0 Å². The Morgan fingerprint density at radius 1 is 1.29 bits per heavy atom. The van der Waals surface area contributed by atoms with E-state index in [2.05, 4.69) is 0 Å². The van der Waals surface area contributed by atoms with Gasteiger partial charge < -0.3 is 10.3 Å². The molecule has 0 amide bonds. The first kappa shape index (κ1) is 9.16. The maximum Gasteiger partial charge on any atom is 0.0499 e. The summed E-state index contributed by atoms with van der Waals surface area (Å²) in [6, 6.07) is 9.50. The zero-order chi connectivity index (χ0) is 10.1. The van der Waals surface area contributed by atoms with Gasteiger partial charge in [-0.2, -0.15) is 0 Å². The fourth-order valence-corrected chi connectivity index (χ4v) is 1.66. The van der Waals surface area contributed by atoms with Crippen LogP contribution in [0.15, 0.2) is 36.5 Å². The van der Waals surface area contributed by atoms with E-state index in [1.807, 2.05) is 42.1 Å². The van der Waals surface area contributed by atoms with Gasteiger partial charge in [-0.25, -0.2) is 0 Å². The minimum atomic E-state index is 0.704. The Hall–Kier alpha value is -1.41. The van der Waals surface area contributed by atoms with Crippen molar-refractivity contribution in [2.24, 2.45) is 7.05 Å². The molecule has 1 heterocycles. The normalized spacial score (nSPS) is 10.4. The molecular weight excluding hydrogens is 196 g/mol. The lowest BCUT2D eigenvalue weighted by Crippen LogP contribution is -1.94. The van der Waals surface area contributed by atoms with Crippen molar-refractivity contribution in [3.63, 3.8) is 0 Å². The predicted octanol–water partition coefficient (Wildman–Crippen LogP) is 2.93. The molecule has 0 aliphatic rings. The van der Waals surface area contributed by atoms with E-state index >= 15 is 0 Å². The average molecular weight is 207 g/mol. The molecule has 0 radical (unpaired) electrons. The number of halogens is 1. The molecular formula is C11H11ClN2. The van der Waals surface area contributed by atoms with Crippen LogP contribution >= 0.6 is 11.6 Å². The topological polar surface area (TPSA) is 30.9 Å². The summed E-state index contributed by atoms with van der Waals surface area (Å²) in [6.07, 6.45) is 1.98. The van der Waals surface area contributed by atoms with Crippen molar-refractivity contribution >= 4 is 17.3 Å². The van der Waals surface area contributed by atoms with Gasteiger partial charge in [-0.05, 0) is 30.3 Å². The van der Waals surface area contributed by atoms with Gasteiger partial charge in [0.15, 0.2) is 0 Å². The molecule has 0 fully saturated rings. The molecule has 3 heteroatoms. The first-order chi connectivity index (χ1) is 6.68. The summed E-state index contributed by atoms with van der Waals surface area (Å²) in [7, 11) is 1.98. The molecule has 1 aromatic heterocycles. The zero-order valence-corrected chi connectivity index (χ0v) is 8.62. The highest BCUT2D eigenvalue weighted by Crippen LogP contribution is 2.28. The van der Waals surface area contributed by atoms with E-state index in [9.17, 15) is 0 Å². The molecule has 0 aliphatic carbocycles. The first-order valence-electron chi connectivity index (χ1n) is 4.35. The summed E-state index contributed by atoms with van der Waals surface area (Å²) in [5.41, 5.74) is 8.67. The van der Waals surface area contributed by atoms with Gasteiger partial charge in [-0.1, -0.05) is 11.6 Å². The van der Waals surface area contributed by atoms with Crippen LogP contribution in [-0.4, -0.2) is 4.57 Å². The molecule has 2 nitrogen and oxygen atoms in total. The van der Waals surface area contributed by atoms with Crippen molar-refractivity contribution in [3.05, 3.63) is 41.6 Å². The number of anilines is 1. The minimum absolute atomic E-state index is 0.704. The fraction of sp³-hybridized carbons (Fsp3) is 0.0909. The SMILES string of the molecule is Cn1cccc1-c1cc(Cl)ccc1N. The molecule has 0 bridgehead atoms. The van der Waals surface area contributed by atoms with Gasteiger partial charge in [0.05, 0.1) is 0 Å². The molecule has 2 aromatic rings. The van der Waals surface area contributed by atoms with Crippen LogP contribution in [0.25, 0.3) is 11.3 Å². The van der Waals surface area contributed by atoms with Crippen LogP contribution < -0.4 is 5.73 Å². The van der Waals surface area contributed by atoms with Crippen LogP contribution in [-0.2, 0) is 7.05 Å². The van der Waals surface area contributed by atoms with E-state index < -0.39 is 0 Å². The third kappa shape index (κ3) is 1.49. The number of hydrogen-bond acceptors (Lipinski definition) is 1. The lowest BCUT2D eigenvalue weighted by atomic mass is 10.1. The summed E-state index contributed by atoms with van der Waals surface area (Å²) >= 11 is 5.92. The molecule has 0 unspecified atom stereocenters. The van der Waals surface area contributed by atoms with Gasteiger partial charge in [-0.3, -0.25) is 0 Å². The van der Waals surface area contributed by atoms with E-state index in [-0.39, 0.29) is 0 Å². The lowest BCUT2D eigenvalue weighted by Gasteiger charge is -2.07. The van der Waals surface area contributed by atoms with Crippen LogP contribution in [0.1, 0.15) is 0 Å². The molecule has 0 saturated heterocycles. The largest absolute Gasteiger partial charge is 0.398 e. The highest BCUT2D eigenvalue weighted by Gasteiger charge is 2.05. The highest BCUT2D eigenvalue weighted by molar-refractivity contribution is 6.31. The summed E-state index contributed by atoms with van der Waals surface area (Å²) in [5, 5.41) is 0.704. The number of aromatic nitrogens is 1. The Bertz CT molecular complexity index is 460. The lowest BCUT2D eigenvalue weighted by molar-refractivity contribution is 0.937. The van der Waals surface area contributed by atoms with Crippen molar-refractivity contribution in [2.75, 3.05) is 5.73 Å². The summed E-state index contributed by atoms with van der Waals surface area (Å²) < 4.78 is 2.02. The fourth-order valence-electron chi connectivity index (χ4n) is 1.49. The quantitative estimate of drug-likeness (QED) is 0.715. The Morgan fingerprint density at radius 3 is 2.71 bits per heavy atom. The third-order valence-electron chi connectivity index (χ3n) is 2.24. The Kier molecular flexibility index (Phi) is 2.22. The average Bonchev–Trinajstić information content (AvgIpc) is 2.56. The van der Waals surface area contributed by atoms with E-state index in [4.69, 9.17) is 17.3 Å². The van der Waals surface area contributed by atoms with Crippen LogP contribution in [0.4, 0.5) is 5.69 Å². The van der Waals surface area contributed by atoms with E-state index in [1.165, 1.54) is 0 Å². The Morgan fingerprint density at radius 2 is 2.07 bits per heavy atom. The molecule has 72 valence electrons. The minimum Gasteiger partial charge on any atom is -0.398 e. The first-order valence-corrected chi connectivity index (χ1v) is 4.73. The van der Waals surface area contributed by atoms with Crippen molar-refractivity contribution in [3.8, 4) is 11.3 Å². The molecule has 0 aliphatic heterocycles. The van der Waals surface area contributed by atoms with Gasteiger partial charge in [0.1, 0.15) is 0 Å². The maximum absolute atomic E-state index is 5.92. The number of benzene rings is 1. The maximum atomic E-state index is 5.92. The predicted molar refractivity (Wildman–Crippen MR) is 60.3 cm³/mol. The van der Waals surface area contributed by atoms with Crippen molar-refractivity contribution in [1.82, 2.24) is 4.57 Å². The number of nitrogens with zero attached hydrogens (tertiary/aromatic N) is 1. The van der Waals surface area contributed by atoms with Gasteiger partial charge in [0.2, 0.25) is 0 Å². The molecule has 2 rings (SSSR count). The Labute approximate surface area is 87.9 Å². The summed E-state index contributed by atoms with van der Waals surface area (Å²) in [4.78, 5) is 0. The number of hydrogen-bond donors (Lipinski definition) is 1. The molecule has 0 spiro atoms. The molecule has 0 atom stereocenters. The second kappa shape index (κ2) is 3.39. The second-order valence-electron chi connectivity index (χ2n) is 3.24. The van der Waals surface area contributed by atoms with Gasteiger partial charge in [0, 0.05) is 35.2 Å². The van der Waals surface area contributed by atoms with E-state index in [1.54, 1.807) is 6.07 Å². The number of nitrogen functional groups attached to an aromatic ring is 1. The molecule has 1 aromatic carbocycles. The van der Waals surface area contributed by atoms with Gasteiger partial charge in [-0.15, -0.1) is 0 Å². The van der Waals surface area contributed by atoms with Crippen LogP contribution in [0, 0.1) is 0 Å². The molecule has 0 saturated carbocycles. The smallest absolute Gasteiger partial charge is 0.0499 e. The van der Waals surface area contributed by atoms with E-state index in [0.717, 1.165) is 16.9 Å². The number of nitrogens with two attached hydrogens (primary N) is 1. The zero-order valence-electron chi connectivity index (χ0n) is 7.87. The van der Waals surface area contributed by atoms with E-state index in [0.29, 0.717) is 5.02 Å².